The van der Waals surface area contributed by atoms with Crippen molar-refractivity contribution in [2.45, 2.75) is 11.8 Å². The van der Waals surface area contributed by atoms with Gasteiger partial charge in [-0.15, -0.1) is 12.6 Å². The quantitative estimate of drug-likeness (QED) is 0.618. The summed E-state index contributed by atoms with van der Waals surface area (Å²) in [6, 6.07) is 3.25. The molecule has 0 spiro atoms. The minimum absolute atomic E-state index is 0.221. The van der Waals surface area contributed by atoms with Crippen molar-refractivity contribution in [3.05, 3.63) is 23.5 Å². The first kappa shape index (κ1) is 8.40. The van der Waals surface area contributed by atoms with Crippen LogP contribution in [0.3, 0.4) is 0 Å². The molecule has 0 aliphatic heterocycles. The summed E-state index contributed by atoms with van der Waals surface area (Å²) in [6.07, 6.45) is 0. The molecule has 0 saturated heterocycles. The van der Waals surface area contributed by atoms with Crippen molar-refractivity contribution in [2.24, 2.45) is 0 Å². The van der Waals surface area contributed by atoms with Gasteiger partial charge in [-0.25, -0.2) is 4.39 Å². The van der Waals surface area contributed by atoms with E-state index in [9.17, 15) is 4.39 Å². The number of thiol groups is 1. The number of benzene rings is 1. The Bertz CT molecular complexity index is 250. The van der Waals surface area contributed by atoms with E-state index in [-0.39, 0.29) is 5.82 Å². The van der Waals surface area contributed by atoms with E-state index in [1.54, 1.807) is 20.0 Å². The number of halogens is 1. The second-order valence-electron chi connectivity index (χ2n) is 2.35. The van der Waals surface area contributed by atoms with Gasteiger partial charge in [-0.05, 0) is 24.6 Å². The largest absolute Gasteiger partial charge is 0.388 e. The number of hydrogen-bond donors (Lipinski definition) is 2. The summed E-state index contributed by atoms with van der Waals surface area (Å²) >= 11 is 4.11. The van der Waals surface area contributed by atoms with E-state index in [4.69, 9.17) is 0 Å². The number of anilines is 1. The van der Waals surface area contributed by atoms with Gasteiger partial charge >= 0.3 is 0 Å². The fourth-order valence-corrected chi connectivity index (χ4v) is 1.05. The van der Waals surface area contributed by atoms with Gasteiger partial charge in [0.2, 0.25) is 0 Å². The molecule has 0 amide bonds. The molecule has 0 aromatic heterocycles. The highest BCUT2D eigenvalue weighted by Crippen LogP contribution is 2.21. The lowest BCUT2D eigenvalue weighted by molar-refractivity contribution is 0.614. The SMILES string of the molecule is CNc1cc(F)c(C)c(S)c1. The van der Waals surface area contributed by atoms with E-state index >= 15 is 0 Å². The highest BCUT2D eigenvalue weighted by Gasteiger charge is 2.02. The van der Waals surface area contributed by atoms with E-state index in [1.807, 2.05) is 0 Å². The second-order valence-corrected chi connectivity index (χ2v) is 2.83. The third kappa shape index (κ3) is 1.66. The Morgan fingerprint density at radius 2 is 2.09 bits per heavy atom. The van der Waals surface area contributed by atoms with E-state index in [1.165, 1.54) is 6.07 Å². The summed E-state index contributed by atoms with van der Waals surface area (Å²) in [5.41, 5.74) is 1.34. The van der Waals surface area contributed by atoms with E-state index < -0.39 is 0 Å². The van der Waals surface area contributed by atoms with Crippen LogP contribution in [0.2, 0.25) is 0 Å². The minimum Gasteiger partial charge on any atom is -0.388 e. The Morgan fingerprint density at radius 3 is 2.55 bits per heavy atom. The van der Waals surface area contributed by atoms with Crippen molar-refractivity contribution in [3.8, 4) is 0 Å². The van der Waals surface area contributed by atoms with Crippen molar-refractivity contribution in [1.82, 2.24) is 0 Å². The fourth-order valence-electron chi connectivity index (χ4n) is 0.809. The average Bonchev–Trinajstić information content (AvgIpc) is 1.99. The van der Waals surface area contributed by atoms with Gasteiger partial charge in [0.05, 0.1) is 0 Å². The van der Waals surface area contributed by atoms with Crippen molar-refractivity contribution in [1.29, 1.82) is 0 Å². The molecule has 1 aromatic carbocycles. The highest BCUT2D eigenvalue weighted by atomic mass is 32.1. The second kappa shape index (κ2) is 3.13. The average molecular weight is 171 g/mol. The third-order valence-corrected chi connectivity index (χ3v) is 2.07. The Labute approximate surface area is 71.0 Å². The Kier molecular flexibility index (Phi) is 2.39. The monoisotopic (exact) mass is 171 g/mol. The fraction of sp³-hybridized carbons (Fsp3) is 0.250. The Hall–Kier alpha value is -0.700. The van der Waals surface area contributed by atoms with Crippen LogP contribution in [0.15, 0.2) is 17.0 Å². The lowest BCUT2D eigenvalue weighted by Gasteiger charge is -2.04. The topological polar surface area (TPSA) is 12.0 Å². The van der Waals surface area contributed by atoms with Crippen molar-refractivity contribution >= 4 is 18.3 Å². The standard InChI is InChI=1S/C8H10FNS/c1-5-7(9)3-6(10-2)4-8(5)11/h3-4,10-11H,1-2H3. The summed E-state index contributed by atoms with van der Waals surface area (Å²) in [5.74, 6) is -0.221. The molecule has 0 aliphatic carbocycles. The van der Waals surface area contributed by atoms with Crippen LogP contribution in [0.1, 0.15) is 5.56 Å². The number of hydrogen-bond acceptors (Lipinski definition) is 2. The maximum Gasteiger partial charge on any atom is 0.129 e. The molecule has 0 fully saturated rings. The van der Waals surface area contributed by atoms with E-state index in [0.29, 0.717) is 10.5 Å². The van der Waals surface area contributed by atoms with E-state index in [2.05, 4.69) is 17.9 Å². The summed E-state index contributed by atoms with van der Waals surface area (Å²) in [5, 5.41) is 2.85. The molecular formula is C8H10FNS. The van der Waals surface area contributed by atoms with Crippen LogP contribution in [-0.4, -0.2) is 7.05 Å². The first-order valence-corrected chi connectivity index (χ1v) is 3.76. The zero-order valence-corrected chi connectivity index (χ0v) is 7.37. The van der Waals surface area contributed by atoms with Gasteiger partial charge in [0, 0.05) is 17.6 Å². The lowest BCUT2D eigenvalue weighted by Crippen LogP contribution is -1.91. The maximum absolute atomic E-state index is 12.9. The molecule has 1 rings (SSSR count). The number of rotatable bonds is 1. The molecule has 1 aromatic rings. The van der Waals surface area contributed by atoms with Crippen LogP contribution in [0.4, 0.5) is 10.1 Å². The van der Waals surface area contributed by atoms with Crippen LogP contribution in [0, 0.1) is 12.7 Å². The smallest absolute Gasteiger partial charge is 0.129 e. The molecule has 0 heterocycles. The highest BCUT2D eigenvalue weighted by molar-refractivity contribution is 7.80. The van der Waals surface area contributed by atoms with Crippen molar-refractivity contribution < 1.29 is 4.39 Å². The van der Waals surface area contributed by atoms with Gasteiger partial charge in [-0.2, -0.15) is 0 Å². The predicted molar refractivity (Wildman–Crippen MR) is 47.9 cm³/mol. The van der Waals surface area contributed by atoms with Gasteiger partial charge in [-0.3, -0.25) is 0 Å². The van der Waals surface area contributed by atoms with E-state index in [0.717, 1.165) is 5.69 Å². The van der Waals surface area contributed by atoms with Crippen LogP contribution in [0.5, 0.6) is 0 Å². The van der Waals surface area contributed by atoms with Gasteiger partial charge in [0.1, 0.15) is 5.82 Å². The predicted octanol–water partition coefficient (Wildman–Crippen LogP) is 2.46. The summed E-state index contributed by atoms with van der Waals surface area (Å²) in [6.45, 7) is 1.71. The number of nitrogens with one attached hydrogen (secondary N) is 1. The van der Waals surface area contributed by atoms with Crippen LogP contribution in [-0.2, 0) is 0 Å². The molecule has 0 unspecified atom stereocenters. The van der Waals surface area contributed by atoms with Gasteiger partial charge in [0.25, 0.3) is 0 Å². The summed E-state index contributed by atoms with van der Waals surface area (Å²) in [7, 11) is 1.75. The molecule has 3 heteroatoms. The summed E-state index contributed by atoms with van der Waals surface area (Å²) < 4.78 is 12.9. The molecule has 60 valence electrons. The van der Waals surface area contributed by atoms with Gasteiger partial charge in [0.15, 0.2) is 0 Å². The zero-order valence-electron chi connectivity index (χ0n) is 6.48. The summed E-state index contributed by atoms with van der Waals surface area (Å²) in [4.78, 5) is 0.675. The molecular weight excluding hydrogens is 161 g/mol. The van der Waals surface area contributed by atoms with Crippen LogP contribution < -0.4 is 5.32 Å². The third-order valence-electron chi connectivity index (χ3n) is 1.61. The Morgan fingerprint density at radius 1 is 1.45 bits per heavy atom. The Balaban J connectivity index is 3.21. The van der Waals surface area contributed by atoms with Gasteiger partial charge in [-0.1, -0.05) is 0 Å². The van der Waals surface area contributed by atoms with Crippen LogP contribution >= 0.6 is 12.6 Å². The van der Waals surface area contributed by atoms with Crippen LogP contribution in [0.25, 0.3) is 0 Å². The molecule has 0 aliphatic rings. The molecule has 0 radical (unpaired) electrons. The van der Waals surface area contributed by atoms with Crippen molar-refractivity contribution in [3.63, 3.8) is 0 Å². The normalized spacial score (nSPS) is 9.82. The molecule has 1 nitrogen and oxygen atoms in total. The minimum atomic E-state index is -0.221. The molecule has 0 saturated carbocycles. The van der Waals surface area contributed by atoms with Gasteiger partial charge < -0.3 is 5.32 Å². The molecule has 0 bridgehead atoms. The van der Waals surface area contributed by atoms with Crippen molar-refractivity contribution in [2.75, 3.05) is 12.4 Å². The first-order chi connectivity index (χ1) is 5.15. The zero-order chi connectivity index (χ0) is 8.43. The molecule has 0 atom stereocenters. The lowest BCUT2D eigenvalue weighted by atomic mass is 10.2. The molecule has 1 N–H and O–H groups in total. The first-order valence-electron chi connectivity index (χ1n) is 3.32. The molecule has 11 heavy (non-hydrogen) atoms. The maximum atomic E-state index is 12.9.